The van der Waals surface area contributed by atoms with Crippen molar-refractivity contribution in [2.24, 2.45) is 0 Å². The van der Waals surface area contributed by atoms with Gasteiger partial charge in [-0.25, -0.2) is 14.2 Å². The summed E-state index contributed by atoms with van der Waals surface area (Å²) in [5, 5.41) is 3.27. The summed E-state index contributed by atoms with van der Waals surface area (Å²) in [5.41, 5.74) is -2.04. The number of alkyl halides is 5. The largest absolute Gasteiger partial charge is 0.485 e. The molecule has 1 aliphatic rings. The third kappa shape index (κ3) is 5.02. The van der Waals surface area contributed by atoms with Gasteiger partial charge < -0.3 is 9.47 Å². The number of ether oxygens (including phenoxy) is 2. The van der Waals surface area contributed by atoms with Crippen LogP contribution in [-0.4, -0.2) is 27.9 Å². The Morgan fingerprint density at radius 3 is 2.51 bits per heavy atom. The monoisotopic (exact) mass is 523 g/mol. The van der Waals surface area contributed by atoms with Crippen molar-refractivity contribution in [3.05, 3.63) is 44.1 Å². The van der Waals surface area contributed by atoms with Crippen LogP contribution in [0.2, 0.25) is 0 Å². The van der Waals surface area contributed by atoms with Crippen molar-refractivity contribution < 1.29 is 40.3 Å². The van der Waals surface area contributed by atoms with Crippen molar-refractivity contribution in [1.82, 2.24) is 15.1 Å². The Bertz CT molecular complexity index is 1250. The minimum Gasteiger partial charge on any atom is -0.485 e. The van der Waals surface area contributed by atoms with Gasteiger partial charge in [0, 0.05) is 6.07 Å². The highest BCUT2D eigenvalue weighted by atomic mass is 32.1. The molecule has 2 heterocycles. The van der Waals surface area contributed by atoms with Crippen LogP contribution in [0.25, 0.3) is 11.4 Å². The van der Waals surface area contributed by atoms with Crippen LogP contribution >= 0.6 is 11.3 Å². The van der Waals surface area contributed by atoms with E-state index in [0.29, 0.717) is 23.4 Å². The molecule has 0 amide bonds. The fourth-order valence-electron chi connectivity index (χ4n) is 4.05. The van der Waals surface area contributed by atoms with Crippen LogP contribution in [0.5, 0.6) is 11.5 Å². The van der Waals surface area contributed by atoms with E-state index < -0.39 is 41.3 Å². The first-order valence-electron chi connectivity index (χ1n) is 10.5. The third-order valence-corrected chi connectivity index (χ3v) is 7.19. The number of nitrogens with zero attached hydrogens (tertiary/aromatic N) is 2. The Balaban J connectivity index is 1.61. The maximum atomic E-state index is 14.7. The van der Waals surface area contributed by atoms with E-state index in [0.717, 1.165) is 29.9 Å². The number of benzene rings is 1. The van der Waals surface area contributed by atoms with E-state index in [-0.39, 0.29) is 35.8 Å². The number of aryl methyl sites for hydroxylation is 1. The van der Waals surface area contributed by atoms with E-state index in [1.54, 1.807) is 0 Å². The molecule has 0 unspecified atom stereocenters. The molecule has 0 spiro atoms. The molecule has 0 radical (unpaired) electrons. The van der Waals surface area contributed by atoms with Gasteiger partial charge in [-0.1, -0.05) is 24.4 Å². The number of hydrogen-bond donors (Lipinski definition) is 1. The van der Waals surface area contributed by atoms with Crippen LogP contribution in [-0.2, 0) is 12.0 Å². The summed E-state index contributed by atoms with van der Waals surface area (Å²) in [7, 11) is 0. The molecule has 1 fully saturated rings. The smallest absolute Gasteiger partial charge is 0.439 e. The number of hydrogen-bond acceptors (Lipinski definition) is 7. The predicted octanol–water partition coefficient (Wildman–Crippen LogP) is 5.88. The molecule has 0 saturated heterocycles. The van der Waals surface area contributed by atoms with Gasteiger partial charge in [0.25, 0.3) is 0 Å². The predicted molar refractivity (Wildman–Crippen MR) is 111 cm³/mol. The fourth-order valence-corrected chi connectivity index (χ4v) is 5.30. The van der Waals surface area contributed by atoms with Crippen molar-refractivity contribution in [2.75, 3.05) is 0 Å². The number of aromatic nitrogens is 3. The average Bonchev–Trinajstić information content (AvgIpc) is 3.38. The summed E-state index contributed by atoms with van der Waals surface area (Å²) in [4.78, 5) is 17.8. The van der Waals surface area contributed by atoms with Crippen LogP contribution < -0.4 is 15.2 Å². The lowest BCUT2D eigenvalue weighted by atomic mass is 9.74. The molecule has 2 aromatic heterocycles. The van der Waals surface area contributed by atoms with Gasteiger partial charge >= 0.3 is 18.5 Å². The van der Waals surface area contributed by atoms with E-state index in [9.17, 15) is 31.1 Å². The maximum Gasteiger partial charge on any atom is 0.439 e. The fraction of sp³-hybridized carbons (Fsp3) is 0.476. The van der Waals surface area contributed by atoms with Crippen molar-refractivity contribution in [1.29, 1.82) is 0 Å². The maximum absolute atomic E-state index is 14.7. The molecule has 0 atom stereocenters. The van der Waals surface area contributed by atoms with Crippen molar-refractivity contribution in [3.63, 3.8) is 0 Å². The number of nitrogens with one attached hydrogen (secondary N) is 1. The summed E-state index contributed by atoms with van der Waals surface area (Å²) in [6.45, 7) is -2.11. The zero-order valence-electron chi connectivity index (χ0n) is 18.2. The zero-order chi connectivity index (χ0) is 25.4. The Morgan fingerprint density at radius 1 is 1.20 bits per heavy atom. The molecule has 190 valence electrons. The van der Waals surface area contributed by atoms with Crippen LogP contribution in [0, 0.1) is 12.7 Å². The highest BCUT2D eigenvalue weighted by molar-refractivity contribution is 7.11. The highest BCUT2D eigenvalue weighted by Crippen LogP contribution is 2.52. The normalized spacial score (nSPS) is 16.0. The van der Waals surface area contributed by atoms with E-state index in [1.165, 1.54) is 6.92 Å². The van der Waals surface area contributed by atoms with Gasteiger partial charge in [0.2, 0.25) is 0 Å². The number of thiazole rings is 1. The van der Waals surface area contributed by atoms with Crippen molar-refractivity contribution in [2.45, 2.75) is 63.8 Å². The molecular weight excluding hydrogens is 504 g/mol. The second-order valence-corrected chi connectivity index (χ2v) is 9.14. The minimum atomic E-state index is -4.47. The summed E-state index contributed by atoms with van der Waals surface area (Å²) >= 11 is 0.843. The topological polar surface area (TPSA) is 90.2 Å². The lowest BCUT2D eigenvalue weighted by molar-refractivity contribution is -0.199. The zero-order valence-corrected chi connectivity index (χ0v) is 19.0. The minimum absolute atomic E-state index is 0.0572. The van der Waals surface area contributed by atoms with Crippen LogP contribution in [0.3, 0.4) is 0 Å². The lowest BCUT2D eigenvalue weighted by Crippen LogP contribution is -2.43. The second kappa shape index (κ2) is 9.55. The molecule has 0 bridgehead atoms. The van der Waals surface area contributed by atoms with E-state index in [1.807, 2.05) is 0 Å². The first kappa shape index (κ1) is 25.1. The van der Waals surface area contributed by atoms with Gasteiger partial charge in [-0.15, -0.1) is 11.3 Å². The van der Waals surface area contributed by atoms with Gasteiger partial charge in [-0.2, -0.15) is 22.0 Å². The van der Waals surface area contributed by atoms with Gasteiger partial charge in [0.05, 0.1) is 16.1 Å². The van der Waals surface area contributed by atoms with Crippen LogP contribution in [0.4, 0.5) is 26.3 Å². The molecule has 35 heavy (non-hydrogen) atoms. The van der Waals surface area contributed by atoms with Crippen molar-refractivity contribution >= 4 is 11.3 Å². The average molecular weight is 523 g/mol. The third-order valence-electron chi connectivity index (χ3n) is 5.86. The van der Waals surface area contributed by atoms with Crippen molar-refractivity contribution in [3.8, 4) is 22.9 Å². The number of rotatable bonds is 7. The molecule has 7 nitrogen and oxygen atoms in total. The Kier molecular flexibility index (Phi) is 6.84. The molecule has 1 aliphatic carbocycles. The standard InChI is InChI=1S/C21H19F6N3O4S/c1-10-15(35-17(28-10)20(21(25,26)27)5-3-2-4-6-20)9-32-14-8-13(33-18(23)24)11(7-12(14)22)16-29-19(31)34-30-16/h7-8,18H,2-6,9H2,1H3,(H,29,30,31). The van der Waals surface area contributed by atoms with Gasteiger partial charge in [-0.05, 0) is 25.8 Å². The molecule has 14 heteroatoms. The summed E-state index contributed by atoms with van der Waals surface area (Å²) in [5.74, 6) is -3.39. The van der Waals surface area contributed by atoms with Gasteiger partial charge in [-0.3, -0.25) is 9.51 Å². The lowest BCUT2D eigenvalue weighted by Gasteiger charge is -2.37. The summed E-state index contributed by atoms with van der Waals surface area (Å²) < 4.78 is 96.7. The first-order chi connectivity index (χ1) is 16.5. The highest BCUT2D eigenvalue weighted by Gasteiger charge is 2.57. The number of halogens is 6. The number of aromatic amines is 1. The molecule has 1 N–H and O–H groups in total. The Morgan fingerprint density at radius 2 is 1.91 bits per heavy atom. The van der Waals surface area contributed by atoms with E-state index >= 15 is 0 Å². The second-order valence-electron chi connectivity index (χ2n) is 8.06. The Hall–Kier alpha value is -3.03. The van der Waals surface area contributed by atoms with Gasteiger partial charge in [0.15, 0.2) is 17.4 Å². The summed E-state index contributed by atoms with van der Waals surface area (Å²) in [6, 6.07) is 1.59. The molecule has 1 aromatic carbocycles. The van der Waals surface area contributed by atoms with E-state index in [4.69, 9.17) is 4.74 Å². The molecule has 1 saturated carbocycles. The quantitative estimate of drug-likeness (QED) is 0.389. The first-order valence-corrected chi connectivity index (χ1v) is 11.3. The van der Waals surface area contributed by atoms with E-state index in [2.05, 4.69) is 24.4 Å². The Labute approximate surface area is 198 Å². The molecule has 4 rings (SSSR count). The van der Waals surface area contributed by atoms with Crippen LogP contribution in [0.15, 0.2) is 21.5 Å². The van der Waals surface area contributed by atoms with Crippen LogP contribution in [0.1, 0.15) is 47.7 Å². The van der Waals surface area contributed by atoms with Gasteiger partial charge in [0.1, 0.15) is 22.8 Å². The summed E-state index contributed by atoms with van der Waals surface area (Å²) in [6.07, 6.45) is -2.99. The SMILES string of the molecule is Cc1nc(C2(C(F)(F)F)CCCCC2)sc1COc1cc(OC(F)F)c(-c2noc(=O)[nH]2)cc1F. The molecule has 3 aromatic rings. The molecular formula is C21H19F6N3O4S. The number of H-pyrrole nitrogens is 1. The molecule has 0 aliphatic heterocycles.